The van der Waals surface area contributed by atoms with Crippen LogP contribution in [0, 0.1) is 3.95 Å². The van der Waals surface area contributed by atoms with Gasteiger partial charge in [0.05, 0.1) is 18.6 Å². The van der Waals surface area contributed by atoms with Crippen molar-refractivity contribution in [2.75, 3.05) is 12.9 Å². The Hall–Kier alpha value is -2.95. The third-order valence-corrected chi connectivity index (χ3v) is 9.12. The fraction of sp³-hybridized carbons (Fsp3) is 0.357. The van der Waals surface area contributed by atoms with Crippen LogP contribution in [0.2, 0.25) is 0 Å². The van der Waals surface area contributed by atoms with Crippen LogP contribution in [0.3, 0.4) is 0 Å². The van der Waals surface area contributed by atoms with Crippen molar-refractivity contribution in [3.8, 4) is 11.4 Å². The smallest absolute Gasteiger partial charge is 0.278 e. The molecule has 1 saturated carbocycles. The molecule has 38 heavy (non-hydrogen) atoms. The maximum atomic E-state index is 13.9. The Balaban J connectivity index is 1.52. The Kier molecular flexibility index (Phi) is 8.61. The van der Waals surface area contributed by atoms with E-state index in [1.807, 2.05) is 47.0 Å². The normalized spacial score (nSPS) is 14.0. The van der Waals surface area contributed by atoms with Crippen LogP contribution in [0.4, 0.5) is 0 Å². The summed E-state index contributed by atoms with van der Waals surface area (Å²) >= 11 is 8.21. The number of para-hydroxylation sites is 2. The summed E-state index contributed by atoms with van der Waals surface area (Å²) in [7, 11) is 1.57. The standard InChI is InChI=1S/C28H30N4O3S3/c1-35-22-15-9-8-14-21(22)32-26(34)24-25(31(28(36)38-24)17-16-19-10-4-2-5-11-19)30-27(32)37-18-23(33)29-20-12-6-3-7-13-20/h2,4-5,8-11,14-15,20H,3,6-7,12-13,16-18H2,1H3,(H,29,33). The average Bonchev–Trinajstić information content (AvgIpc) is 3.27. The zero-order valence-corrected chi connectivity index (χ0v) is 23.7. The van der Waals surface area contributed by atoms with Crippen molar-refractivity contribution in [3.63, 3.8) is 0 Å². The number of nitrogens with one attached hydrogen (secondary N) is 1. The number of nitrogens with zero attached hydrogens (tertiary/aromatic N) is 3. The molecule has 0 radical (unpaired) electrons. The van der Waals surface area contributed by atoms with E-state index in [9.17, 15) is 9.59 Å². The Morgan fingerprint density at radius 1 is 1.13 bits per heavy atom. The second-order valence-corrected chi connectivity index (χ2v) is 11.9. The van der Waals surface area contributed by atoms with Crippen LogP contribution in [0.25, 0.3) is 16.0 Å². The Labute approximate surface area is 234 Å². The number of hydrogen-bond acceptors (Lipinski definition) is 7. The van der Waals surface area contributed by atoms with Crippen LogP contribution in [0.5, 0.6) is 5.75 Å². The zero-order valence-electron chi connectivity index (χ0n) is 21.2. The number of amides is 1. The lowest BCUT2D eigenvalue weighted by Crippen LogP contribution is -2.37. The van der Waals surface area contributed by atoms with E-state index in [0.717, 1.165) is 32.1 Å². The van der Waals surface area contributed by atoms with Crippen LogP contribution < -0.4 is 15.6 Å². The fourth-order valence-electron chi connectivity index (χ4n) is 4.83. The maximum Gasteiger partial charge on any atom is 0.278 e. The molecule has 2 aromatic carbocycles. The first kappa shape index (κ1) is 26.6. The van der Waals surface area contributed by atoms with Crippen molar-refractivity contribution < 1.29 is 9.53 Å². The molecule has 0 aliphatic heterocycles. The lowest BCUT2D eigenvalue weighted by molar-refractivity contribution is -0.119. The zero-order chi connectivity index (χ0) is 26.5. The van der Waals surface area contributed by atoms with Crippen molar-refractivity contribution >= 4 is 51.6 Å². The molecule has 1 aliphatic carbocycles. The second kappa shape index (κ2) is 12.3. The number of aromatic nitrogens is 3. The van der Waals surface area contributed by atoms with Crippen molar-refractivity contribution in [3.05, 3.63) is 74.5 Å². The lowest BCUT2D eigenvalue weighted by atomic mass is 9.95. The number of methoxy groups -OCH3 is 1. The highest BCUT2D eigenvalue weighted by Gasteiger charge is 2.22. The van der Waals surface area contributed by atoms with Crippen LogP contribution in [-0.4, -0.2) is 38.9 Å². The molecule has 2 aromatic heterocycles. The van der Waals surface area contributed by atoms with Gasteiger partial charge in [-0.1, -0.05) is 84.8 Å². The quantitative estimate of drug-likeness (QED) is 0.157. The number of ether oxygens (including phenoxy) is 1. The second-order valence-electron chi connectivity index (χ2n) is 9.31. The molecule has 10 heteroatoms. The molecule has 0 saturated heterocycles. The molecule has 198 valence electrons. The van der Waals surface area contributed by atoms with Crippen LogP contribution >= 0.6 is 35.3 Å². The van der Waals surface area contributed by atoms with E-state index in [1.165, 1.54) is 35.1 Å². The summed E-state index contributed by atoms with van der Waals surface area (Å²) in [5.41, 5.74) is 2.11. The predicted molar refractivity (Wildman–Crippen MR) is 156 cm³/mol. The molecule has 7 nitrogen and oxygen atoms in total. The first-order chi connectivity index (χ1) is 18.5. The number of hydrogen-bond donors (Lipinski definition) is 1. The number of carbonyl (C=O) groups excluding carboxylic acids is 1. The molecular formula is C28H30N4O3S3. The Bertz CT molecular complexity index is 1540. The van der Waals surface area contributed by atoms with Gasteiger partial charge in [-0.15, -0.1) is 0 Å². The molecule has 1 amide bonds. The molecule has 0 bridgehead atoms. The third-order valence-electron chi connectivity index (χ3n) is 6.75. The summed E-state index contributed by atoms with van der Waals surface area (Å²) in [4.78, 5) is 31.7. The summed E-state index contributed by atoms with van der Waals surface area (Å²) in [6.07, 6.45) is 6.33. The number of fused-ring (bicyclic) bond motifs is 1. The van der Waals surface area contributed by atoms with Crippen LogP contribution in [0.1, 0.15) is 37.7 Å². The Morgan fingerprint density at radius 2 is 1.87 bits per heavy atom. The van der Waals surface area contributed by atoms with E-state index in [1.54, 1.807) is 11.7 Å². The van der Waals surface area contributed by atoms with E-state index in [2.05, 4.69) is 17.4 Å². The number of rotatable bonds is 9. The van der Waals surface area contributed by atoms with Gasteiger partial charge in [-0.3, -0.25) is 14.2 Å². The first-order valence-electron chi connectivity index (χ1n) is 12.8. The molecule has 4 aromatic rings. The average molecular weight is 567 g/mol. The molecule has 2 heterocycles. The number of thiazole rings is 1. The molecular weight excluding hydrogens is 537 g/mol. The number of benzene rings is 2. The van der Waals surface area contributed by atoms with E-state index < -0.39 is 0 Å². The molecule has 5 rings (SSSR count). The molecule has 0 atom stereocenters. The summed E-state index contributed by atoms with van der Waals surface area (Å²) < 4.78 is 10.1. The lowest BCUT2D eigenvalue weighted by Gasteiger charge is -2.22. The largest absolute Gasteiger partial charge is 0.495 e. The highest BCUT2D eigenvalue weighted by atomic mass is 32.2. The number of thioether (sulfide) groups is 1. The van der Waals surface area contributed by atoms with Gasteiger partial charge < -0.3 is 14.6 Å². The van der Waals surface area contributed by atoms with Crippen molar-refractivity contribution in [2.45, 2.75) is 56.3 Å². The van der Waals surface area contributed by atoms with Gasteiger partial charge in [-0.25, -0.2) is 4.98 Å². The van der Waals surface area contributed by atoms with Crippen molar-refractivity contribution in [1.82, 2.24) is 19.4 Å². The van der Waals surface area contributed by atoms with Gasteiger partial charge in [0.1, 0.15) is 10.4 Å². The van der Waals surface area contributed by atoms with Gasteiger partial charge in [-0.2, -0.15) is 0 Å². The van der Waals surface area contributed by atoms with E-state index in [0.29, 0.717) is 37.4 Å². The predicted octanol–water partition coefficient (Wildman–Crippen LogP) is 5.77. The van der Waals surface area contributed by atoms with E-state index in [-0.39, 0.29) is 23.3 Å². The molecule has 1 N–H and O–H groups in total. The van der Waals surface area contributed by atoms with E-state index >= 15 is 0 Å². The summed E-state index contributed by atoms with van der Waals surface area (Å²) in [5, 5.41) is 3.59. The SMILES string of the molecule is COc1ccccc1-n1c(SCC(=O)NC2CCCCC2)nc2c(sc(=S)n2CCc2ccccc2)c1=O. The maximum absolute atomic E-state index is 13.9. The van der Waals surface area contributed by atoms with Crippen LogP contribution in [0.15, 0.2) is 64.5 Å². The topological polar surface area (TPSA) is 78.2 Å². The first-order valence-corrected chi connectivity index (χ1v) is 15.0. The summed E-state index contributed by atoms with van der Waals surface area (Å²) in [5.74, 6) is 0.670. The molecule has 1 fully saturated rings. The monoisotopic (exact) mass is 566 g/mol. The fourth-order valence-corrected chi connectivity index (χ4v) is 6.95. The Morgan fingerprint density at radius 3 is 2.63 bits per heavy atom. The number of aryl methyl sites for hydroxylation is 2. The summed E-state index contributed by atoms with van der Waals surface area (Å²) in [6.45, 7) is 0.611. The van der Waals surface area contributed by atoms with Crippen molar-refractivity contribution in [2.24, 2.45) is 0 Å². The number of carbonyl (C=O) groups is 1. The van der Waals surface area contributed by atoms with Gasteiger partial charge >= 0.3 is 0 Å². The van der Waals surface area contributed by atoms with E-state index in [4.69, 9.17) is 21.9 Å². The highest BCUT2D eigenvalue weighted by molar-refractivity contribution is 7.99. The minimum atomic E-state index is -0.218. The van der Waals surface area contributed by atoms with Gasteiger partial charge in [-0.05, 0) is 49.2 Å². The van der Waals surface area contributed by atoms with Gasteiger partial charge in [0.2, 0.25) is 5.91 Å². The molecule has 1 aliphatic rings. The minimum absolute atomic E-state index is 0.0472. The molecule has 0 unspecified atom stereocenters. The summed E-state index contributed by atoms with van der Waals surface area (Å²) in [6, 6.07) is 17.7. The van der Waals surface area contributed by atoms with Gasteiger partial charge in [0.25, 0.3) is 5.56 Å². The van der Waals surface area contributed by atoms with Crippen LogP contribution in [-0.2, 0) is 17.8 Å². The minimum Gasteiger partial charge on any atom is -0.495 e. The third kappa shape index (κ3) is 5.87. The van der Waals surface area contributed by atoms with Crippen molar-refractivity contribution in [1.29, 1.82) is 0 Å². The molecule has 0 spiro atoms. The highest BCUT2D eigenvalue weighted by Crippen LogP contribution is 2.29. The van der Waals surface area contributed by atoms with Gasteiger partial charge in [0, 0.05) is 12.6 Å². The van der Waals surface area contributed by atoms with Gasteiger partial charge in [0.15, 0.2) is 14.8 Å².